The van der Waals surface area contributed by atoms with E-state index in [1.165, 1.54) is 6.07 Å². The second-order valence-corrected chi connectivity index (χ2v) is 11.9. The van der Waals surface area contributed by atoms with Crippen LogP contribution in [0.25, 0.3) is 0 Å². The van der Waals surface area contributed by atoms with Gasteiger partial charge in [-0.25, -0.2) is 13.6 Å². The minimum atomic E-state index is -1.93. The number of hydrogen-bond donors (Lipinski definition) is 2. The molecule has 1 saturated heterocycles. The molecule has 0 spiro atoms. The van der Waals surface area contributed by atoms with Crippen LogP contribution in [-0.4, -0.2) is 44.3 Å². The predicted octanol–water partition coefficient (Wildman–Crippen LogP) is 3.63. The number of hydrogen-bond acceptors (Lipinski definition) is 5. The van der Waals surface area contributed by atoms with E-state index in [1.54, 1.807) is 46.8 Å². The van der Waals surface area contributed by atoms with Crippen molar-refractivity contribution < 1.29 is 27.7 Å². The van der Waals surface area contributed by atoms with Crippen LogP contribution in [0.5, 0.6) is 0 Å². The molecule has 1 aromatic rings. The zero-order valence-corrected chi connectivity index (χ0v) is 20.3. The molecule has 10 heteroatoms. The number of alkyl halides is 1. The molecule has 4 unspecified atom stereocenters. The molecule has 0 aromatic heterocycles. The van der Waals surface area contributed by atoms with Crippen molar-refractivity contribution in [2.24, 2.45) is 5.92 Å². The summed E-state index contributed by atoms with van der Waals surface area (Å²) in [6, 6.07) is 1.77. The Morgan fingerprint density at radius 3 is 2.42 bits per heavy atom. The maximum atomic E-state index is 15.8. The van der Waals surface area contributed by atoms with Gasteiger partial charge in [0.25, 0.3) is 0 Å². The van der Waals surface area contributed by atoms with E-state index in [4.69, 9.17) is 0 Å². The summed E-state index contributed by atoms with van der Waals surface area (Å²) in [4.78, 5) is 38.1. The van der Waals surface area contributed by atoms with Gasteiger partial charge in [0.05, 0.1) is 0 Å². The first-order valence-electron chi connectivity index (χ1n) is 11.1. The van der Waals surface area contributed by atoms with Crippen molar-refractivity contribution in [1.29, 1.82) is 0 Å². The topological polar surface area (TPSA) is 102 Å². The Balaban J connectivity index is 1.92. The average molecular weight is 484 g/mol. The third-order valence-electron chi connectivity index (χ3n) is 5.83. The molecule has 0 radical (unpaired) electrons. The number of nitrogens with one attached hydrogen (secondary N) is 2. The van der Waals surface area contributed by atoms with E-state index in [-0.39, 0.29) is 11.5 Å². The van der Waals surface area contributed by atoms with Crippen molar-refractivity contribution in [1.82, 2.24) is 14.9 Å². The quantitative estimate of drug-likeness (QED) is 0.434. The van der Waals surface area contributed by atoms with Gasteiger partial charge in [-0.2, -0.15) is 0 Å². The Morgan fingerprint density at radius 1 is 1.24 bits per heavy atom. The van der Waals surface area contributed by atoms with Gasteiger partial charge in [0, 0.05) is 29.4 Å². The molecule has 182 valence electrons. The molecule has 7 nitrogen and oxygen atoms in total. The third kappa shape index (κ3) is 5.73. The van der Waals surface area contributed by atoms with Crippen molar-refractivity contribution in [3.05, 3.63) is 35.1 Å². The molecule has 1 saturated carbocycles. The van der Waals surface area contributed by atoms with Gasteiger partial charge < -0.3 is 4.55 Å². The zero-order valence-electron chi connectivity index (χ0n) is 19.5. The van der Waals surface area contributed by atoms with Gasteiger partial charge in [0.1, 0.15) is 28.7 Å². The monoisotopic (exact) mass is 483 g/mol. The fraction of sp³-hybridized carbons (Fsp3) is 0.609. The van der Waals surface area contributed by atoms with Gasteiger partial charge in [0.2, 0.25) is 11.8 Å². The number of imide groups is 2. The molecule has 1 heterocycles. The smallest absolute Gasteiger partial charge is 0.331 e. The molecule has 0 bridgehead atoms. The number of amides is 4. The predicted molar refractivity (Wildman–Crippen MR) is 121 cm³/mol. The van der Waals surface area contributed by atoms with E-state index in [2.05, 4.69) is 10.0 Å². The van der Waals surface area contributed by atoms with Crippen molar-refractivity contribution in [3.8, 4) is 0 Å². The van der Waals surface area contributed by atoms with Crippen LogP contribution < -0.4 is 10.0 Å². The molecule has 2 fully saturated rings. The molecular formula is C23H31F2N3O4S. The highest BCUT2D eigenvalue weighted by molar-refractivity contribution is 7.90. The molecular weight excluding hydrogens is 452 g/mol. The normalized spacial score (nSPS) is 22.4. The van der Waals surface area contributed by atoms with E-state index in [0.717, 1.165) is 23.3 Å². The zero-order chi connectivity index (χ0) is 24.7. The average Bonchev–Trinajstić information content (AvgIpc) is 3.53. The standard InChI is InChI=1S/C23H31F2N3O4S/c1-12(2)28-21(30)16(20(29)26-22(28)31)11-18(25)19(27-33(32)23(3,4)5)15-10-14(13-6-7-13)8-9-17(15)24/h8-10,12-13,16,18-19,27H,6-7,11H2,1-5H3,(H,26,29,31). The summed E-state index contributed by atoms with van der Waals surface area (Å²) in [5.74, 6) is -3.53. The Morgan fingerprint density at radius 2 is 1.88 bits per heavy atom. The van der Waals surface area contributed by atoms with Crippen molar-refractivity contribution >= 4 is 29.2 Å². The molecule has 1 aliphatic carbocycles. The number of nitrogens with zero attached hydrogens (tertiary/aromatic N) is 1. The molecule has 1 aliphatic heterocycles. The Hall–Kier alpha value is -2.04. The third-order valence-corrected chi connectivity index (χ3v) is 7.41. The van der Waals surface area contributed by atoms with Crippen LogP contribution in [0.4, 0.5) is 13.6 Å². The van der Waals surface area contributed by atoms with E-state index in [1.807, 2.05) is 0 Å². The highest BCUT2D eigenvalue weighted by Gasteiger charge is 2.45. The van der Waals surface area contributed by atoms with Gasteiger partial charge >= 0.3 is 6.03 Å². The number of halogens is 2. The summed E-state index contributed by atoms with van der Waals surface area (Å²) in [6.07, 6.45) is -0.590. The van der Waals surface area contributed by atoms with Gasteiger partial charge in [0.15, 0.2) is 0 Å². The molecule has 2 aliphatic rings. The lowest BCUT2D eigenvalue weighted by Crippen LogP contribution is -2.60. The summed E-state index contributed by atoms with van der Waals surface area (Å²) in [7, 11) is 0. The summed E-state index contributed by atoms with van der Waals surface area (Å²) in [5.41, 5.74) is 0.875. The second-order valence-electron chi connectivity index (χ2n) is 9.93. The van der Waals surface area contributed by atoms with Gasteiger partial charge in [-0.15, -0.1) is 4.72 Å². The lowest BCUT2D eigenvalue weighted by atomic mass is 9.90. The van der Waals surface area contributed by atoms with Gasteiger partial charge in [-0.1, -0.05) is 12.1 Å². The van der Waals surface area contributed by atoms with Crippen LogP contribution >= 0.6 is 0 Å². The summed E-state index contributed by atoms with van der Waals surface area (Å²) >= 11 is -1.75. The Kier molecular flexibility index (Phi) is 7.50. The maximum absolute atomic E-state index is 15.8. The molecule has 4 amide bonds. The van der Waals surface area contributed by atoms with Crippen molar-refractivity contribution in [2.45, 2.75) is 82.8 Å². The van der Waals surface area contributed by atoms with Crippen LogP contribution in [0, 0.1) is 11.7 Å². The Labute approximate surface area is 196 Å². The molecule has 4 atom stereocenters. The first kappa shape index (κ1) is 25.6. The fourth-order valence-corrected chi connectivity index (χ4v) is 4.65. The van der Waals surface area contributed by atoms with Crippen LogP contribution in [0.1, 0.15) is 77.0 Å². The van der Waals surface area contributed by atoms with Crippen LogP contribution in [0.3, 0.4) is 0 Å². The summed E-state index contributed by atoms with van der Waals surface area (Å²) < 4.78 is 45.4. The van der Waals surface area contributed by atoms with Gasteiger partial charge in [-0.05, 0) is 65.0 Å². The van der Waals surface area contributed by atoms with Crippen molar-refractivity contribution in [3.63, 3.8) is 0 Å². The molecule has 33 heavy (non-hydrogen) atoms. The minimum Gasteiger partial charge on any atom is -0.598 e. The maximum Gasteiger partial charge on any atom is 0.331 e. The van der Waals surface area contributed by atoms with E-state index >= 15 is 4.39 Å². The Bertz CT molecular complexity index is 933. The first-order chi connectivity index (χ1) is 15.3. The van der Waals surface area contributed by atoms with E-state index < -0.39 is 70.4 Å². The highest BCUT2D eigenvalue weighted by atomic mass is 32.2. The summed E-state index contributed by atoms with van der Waals surface area (Å²) in [6.45, 7) is 8.30. The number of barbiturate groups is 1. The molecule has 3 rings (SSSR count). The first-order valence-corrected chi connectivity index (χ1v) is 12.3. The SMILES string of the molecule is CC(C)N1C(=O)NC(=O)C(CC(F)C(N[S+]([O-])C(C)(C)C)c2cc(C3CC3)ccc2F)C1=O. The second kappa shape index (κ2) is 9.68. The minimum absolute atomic E-state index is 0.00459. The van der Waals surface area contributed by atoms with Crippen LogP contribution in [-0.2, 0) is 21.0 Å². The van der Waals surface area contributed by atoms with E-state index in [0.29, 0.717) is 0 Å². The van der Waals surface area contributed by atoms with Crippen molar-refractivity contribution in [2.75, 3.05) is 0 Å². The number of rotatable bonds is 8. The van der Waals surface area contributed by atoms with Gasteiger partial charge in [-0.3, -0.25) is 19.8 Å². The summed E-state index contributed by atoms with van der Waals surface area (Å²) in [5, 5.41) is 2.09. The largest absolute Gasteiger partial charge is 0.598 e. The number of carbonyl (C=O) groups is 3. The highest BCUT2D eigenvalue weighted by Crippen LogP contribution is 2.42. The van der Waals surface area contributed by atoms with Crippen LogP contribution in [0.2, 0.25) is 0 Å². The van der Waals surface area contributed by atoms with E-state index in [9.17, 15) is 23.3 Å². The van der Waals surface area contributed by atoms with Crippen LogP contribution in [0.15, 0.2) is 18.2 Å². The number of urea groups is 1. The lowest BCUT2D eigenvalue weighted by Gasteiger charge is -2.34. The molecule has 1 aromatic carbocycles. The number of carbonyl (C=O) groups excluding carboxylic acids is 3. The fourth-order valence-electron chi connectivity index (χ4n) is 3.79. The number of benzene rings is 1. The molecule has 2 N–H and O–H groups in total. The lowest BCUT2D eigenvalue weighted by molar-refractivity contribution is -0.144.